The van der Waals surface area contributed by atoms with Gasteiger partial charge in [-0.25, -0.2) is 0 Å². The molecule has 14 heavy (non-hydrogen) atoms. The molecule has 0 atom stereocenters. The lowest BCUT2D eigenvalue weighted by molar-refractivity contribution is 0.0996. The van der Waals surface area contributed by atoms with E-state index in [1.165, 1.54) is 5.56 Å². The zero-order valence-electron chi connectivity index (χ0n) is 8.79. The molecule has 0 aromatic heterocycles. The van der Waals surface area contributed by atoms with Crippen molar-refractivity contribution in [2.45, 2.75) is 26.2 Å². The molecule has 0 heterocycles. The van der Waals surface area contributed by atoms with E-state index in [1.807, 2.05) is 24.3 Å². The summed E-state index contributed by atoms with van der Waals surface area (Å²) in [5.74, 6) is 0.647. The molecule has 0 saturated heterocycles. The van der Waals surface area contributed by atoms with Gasteiger partial charge in [-0.05, 0) is 11.5 Å². The first kappa shape index (κ1) is 10.7. The predicted molar refractivity (Wildman–Crippen MR) is 59.7 cm³/mol. The minimum atomic E-state index is 0.135. The normalized spacial score (nSPS) is 10.2. The maximum absolute atomic E-state index is 11.5. The molecule has 0 N–H and O–H groups in total. The van der Waals surface area contributed by atoms with Crippen molar-refractivity contribution in [1.29, 1.82) is 0 Å². The highest BCUT2D eigenvalue weighted by Crippen LogP contribution is 2.15. The lowest BCUT2D eigenvalue weighted by atomic mass is 10.00. The molecule has 0 fully saturated rings. The van der Waals surface area contributed by atoms with Crippen LogP contribution in [-0.2, 0) is 0 Å². The molecule has 0 aliphatic rings. The van der Waals surface area contributed by atoms with E-state index in [2.05, 4.69) is 20.4 Å². The Bertz CT molecular complexity index is 320. The number of hydrogen-bond acceptors (Lipinski definition) is 1. The summed E-state index contributed by atoms with van der Waals surface area (Å²) >= 11 is 0. The molecule has 1 aromatic carbocycles. The average molecular weight is 188 g/mol. The van der Waals surface area contributed by atoms with Crippen molar-refractivity contribution in [3.05, 3.63) is 48.0 Å². The monoisotopic (exact) mass is 188 g/mol. The Balaban J connectivity index is 2.82. The smallest absolute Gasteiger partial charge is 0.166 e. The summed E-state index contributed by atoms with van der Waals surface area (Å²) in [7, 11) is 0. The lowest BCUT2D eigenvalue weighted by Gasteiger charge is -2.05. The first-order chi connectivity index (χ1) is 6.65. The van der Waals surface area contributed by atoms with Crippen LogP contribution in [0.5, 0.6) is 0 Å². The highest BCUT2D eigenvalue weighted by Gasteiger charge is 2.04. The highest BCUT2D eigenvalue weighted by molar-refractivity contribution is 5.96. The topological polar surface area (TPSA) is 17.1 Å². The second kappa shape index (κ2) is 4.75. The molecule has 0 spiro atoms. The van der Waals surface area contributed by atoms with E-state index < -0.39 is 0 Å². The van der Waals surface area contributed by atoms with Crippen LogP contribution in [0.4, 0.5) is 0 Å². The number of Topliss-reactive ketones (excluding diaryl/α,β-unsaturated/α-hetero) is 1. The van der Waals surface area contributed by atoms with Crippen molar-refractivity contribution in [3.8, 4) is 0 Å². The summed E-state index contributed by atoms with van der Waals surface area (Å²) in [4.78, 5) is 11.5. The number of rotatable bonds is 4. The molecule has 1 heteroatoms. The van der Waals surface area contributed by atoms with Gasteiger partial charge in [-0.3, -0.25) is 4.79 Å². The van der Waals surface area contributed by atoms with Gasteiger partial charge in [0, 0.05) is 12.0 Å². The van der Waals surface area contributed by atoms with Gasteiger partial charge in [-0.2, -0.15) is 0 Å². The fourth-order valence-electron chi connectivity index (χ4n) is 1.30. The van der Waals surface area contributed by atoms with Gasteiger partial charge in [-0.15, -0.1) is 6.58 Å². The molecule has 0 aliphatic carbocycles. The van der Waals surface area contributed by atoms with Gasteiger partial charge in [0.15, 0.2) is 5.78 Å². The van der Waals surface area contributed by atoms with Crippen LogP contribution in [0.2, 0.25) is 0 Å². The van der Waals surface area contributed by atoms with Crippen molar-refractivity contribution in [1.82, 2.24) is 0 Å². The van der Waals surface area contributed by atoms with Crippen molar-refractivity contribution in [3.63, 3.8) is 0 Å². The molecule has 0 radical (unpaired) electrons. The molecule has 0 unspecified atom stereocenters. The minimum Gasteiger partial charge on any atom is -0.294 e. The zero-order valence-corrected chi connectivity index (χ0v) is 8.79. The molecule has 1 nitrogen and oxygen atoms in total. The zero-order chi connectivity index (χ0) is 10.6. The first-order valence-electron chi connectivity index (χ1n) is 4.89. The number of allylic oxidation sites excluding steroid dienone is 1. The number of ketones is 1. The molecule has 0 amide bonds. The van der Waals surface area contributed by atoms with Crippen molar-refractivity contribution in [2.24, 2.45) is 0 Å². The Morgan fingerprint density at radius 3 is 2.36 bits per heavy atom. The SMILES string of the molecule is C=CCC(=O)c1ccc(C(C)C)cc1. The predicted octanol–water partition coefficient (Wildman–Crippen LogP) is 3.57. The third kappa shape index (κ3) is 2.56. The first-order valence-corrected chi connectivity index (χ1v) is 4.89. The van der Waals surface area contributed by atoms with E-state index in [1.54, 1.807) is 6.08 Å². The summed E-state index contributed by atoms with van der Waals surface area (Å²) in [5, 5.41) is 0. The summed E-state index contributed by atoms with van der Waals surface area (Å²) in [6.45, 7) is 7.83. The Morgan fingerprint density at radius 1 is 1.36 bits per heavy atom. The van der Waals surface area contributed by atoms with Crippen LogP contribution < -0.4 is 0 Å². The summed E-state index contributed by atoms with van der Waals surface area (Å²) < 4.78 is 0. The van der Waals surface area contributed by atoms with Crippen LogP contribution in [0.1, 0.15) is 42.1 Å². The van der Waals surface area contributed by atoms with E-state index >= 15 is 0 Å². The largest absolute Gasteiger partial charge is 0.294 e. The van der Waals surface area contributed by atoms with Crippen LogP contribution in [0.3, 0.4) is 0 Å². The minimum absolute atomic E-state index is 0.135. The van der Waals surface area contributed by atoms with Gasteiger partial charge in [0.2, 0.25) is 0 Å². The van der Waals surface area contributed by atoms with Crippen LogP contribution in [0.15, 0.2) is 36.9 Å². The summed E-state index contributed by atoms with van der Waals surface area (Å²) in [6, 6.07) is 7.81. The molecule has 74 valence electrons. The van der Waals surface area contributed by atoms with E-state index in [4.69, 9.17) is 0 Å². The number of carbonyl (C=O) groups is 1. The quantitative estimate of drug-likeness (QED) is 0.521. The molecule has 1 rings (SSSR count). The van der Waals surface area contributed by atoms with Crippen LogP contribution in [0, 0.1) is 0 Å². The van der Waals surface area contributed by atoms with Crippen LogP contribution >= 0.6 is 0 Å². The fraction of sp³-hybridized carbons (Fsp3) is 0.308. The maximum atomic E-state index is 11.5. The molecule has 0 bridgehead atoms. The Hall–Kier alpha value is -1.37. The van der Waals surface area contributed by atoms with Crippen molar-refractivity contribution < 1.29 is 4.79 Å². The third-order valence-corrected chi connectivity index (χ3v) is 2.23. The van der Waals surface area contributed by atoms with Gasteiger partial charge in [-0.1, -0.05) is 44.2 Å². The van der Waals surface area contributed by atoms with Gasteiger partial charge >= 0.3 is 0 Å². The second-order valence-corrected chi connectivity index (χ2v) is 3.69. The molecule has 0 aliphatic heterocycles. The Morgan fingerprint density at radius 2 is 1.93 bits per heavy atom. The Labute approximate surface area is 85.5 Å². The fourth-order valence-corrected chi connectivity index (χ4v) is 1.30. The lowest BCUT2D eigenvalue weighted by Crippen LogP contribution is -1.97. The van der Waals surface area contributed by atoms with Gasteiger partial charge in [0.1, 0.15) is 0 Å². The van der Waals surface area contributed by atoms with Gasteiger partial charge < -0.3 is 0 Å². The van der Waals surface area contributed by atoms with Crippen LogP contribution in [0.25, 0.3) is 0 Å². The maximum Gasteiger partial charge on any atom is 0.166 e. The van der Waals surface area contributed by atoms with Crippen LogP contribution in [-0.4, -0.2) is 5.78 Å². The van der Waals surface area contributed by atoms with Gasteiger partial charge in [0.05, 0.1) is 0 Å². The highest BCUT2D eigenvalue weighted by atomic mass is 16.1. The average Bonchev–Trinajstić information content (AvgIpc) is 2.18. The van der Waals surface area contributed by atoms with E-state index in [0.29, 0.717) is 12.3 Å². The number of benzene rings is 1. The van der Waals surface area contributed by atoms with E-state index in [9.17, 15) is 4.79 Å². The van der Waals surface area contributed by atoms with E-state index in [-0.39, 0.29) is 5.78 Å². The van der Waals surface area contributed by atoms with Crippen molar-refractivity contribution >= 4 is 5.78 Å². The molecule has 0 saturated carbocycles. The number of hydrogen-bond donors (Lipinski definition) is 0. The van der Waals surface area contributed by atoms with E-state index in [0.717, 1.165) is 5.56 Å². The second-order valence-electron chi connectivity index (χ2n) is 3.69. The molecular formula is C13H16O. The third-order valence-electron chi connectivity index (χ3n) is 2.23. The Kier molecular flexibility index (Phi) is 3.63. The molecular weight excluding hydrogens is 172 g/mol. The number of carbonyl (C=O) groups excluding carboxylic acids is 1. The van der Waals surface area contributed by atoms with Gasteiger partial charge in [0.25, 0.3) is 0 Å². The molecule has 1 aromatic rings. The summed E-state index contributed by atoms with van der Waals surface area (Å²) in [6.07, 6.45) is 2.06. The standard InChI is InChI=1S/C13H16O/c1-4-5-13(14)12-8-6-11(7-9-12)10(2)3/h4,6-10H,1,5H2,2-3H3. The van der Waals surface area contributed by atoms with Crippen molar-refractivity contribution in [2.75, 3.05) is 0 Å². The summed E-state index contributed by atoms with van der Waals surface area (Å²) in [5.41, 5.74) is 2.04.